The Balaban J connectivity index is 1.19. The van der Waals surface area contributed by atoms with Crippen LogP contribution in [0.1, 0.15) is 45.7 Å². The van der Waals surface area contributed by atoms with Crippen molar-refractivity contribution < 1.29 is 31.7 Å². The Hall–Kier alpha value is -4.76. The number of hydrogen-bond donors (Lipinski definition) is 3. The van der Waals surface area contributed by atoms with Crippen molar-refractivity contribution in [3.05, 3.63) is 59.8 Å². The molecule has 1 aromatic carbocycles. The van der Waals surface area contributed by atoms with Gasteiger partial charge in [0, 0.05) is 49.0 Å². The number of thioether (sulfide) groups is 1. The molecule has 1 unspecified atom stereocenters. The topological polar surface area (TPSA) is 162 Å². The number of carbonyl (C=O) groups is 2. The van der Waals surface area contributed by atoms with E-state index in [1.807, 2.05) is 0 Å². The number of nitrogens with zero attached hydrogens (tertiary/aromatic N) is 6. The Morgan fingerprint density at radius 3 is 2.72 bits per heavy atom. The number of nitrogens with one attached hydrogen (secondary N) is 2. The van der Waals surface area contributed by atoms with Crippen LogP contribution in [-0.4, -0.2) is 83.1 Å². The molecule has 18 heteroatoms. The van der Waals surface area contributed by atoms with Crippen LogP contribution in [0.5, 0.6) is 5.75 Å². The third-order valence-electron chi connectivity index (χ3n) is 7.01. The summed E-state index contributed by atoms with van der Waals surface area (Å²) in [7, 11) is -0.323. The average Bonchev–Trinajstić information content (AvgIpc) is 3.67. The molecule has 5 rings (SSSR count). The van der Waals surface area contributed by atoms with E-state index in [1.165, 1.54) is 53.0 Å². The van der Waals surface area contributed by atoms with Crippen LogP contribution in [0.15, 0.2) is 48.0 Å². The van der Waals surface area contributed by atoms with Crippen molar-refractivity contribution in [1.82, 2.24) is 33.8 Å². The first kappa shape index (κ1) is 33.6. The Morgan fingerprint density at radius 2 is 1.98 bits per heavy atom. The number of amides is 2. The number of likely N-dealkylation sites (tertiary alicyclic amines) is 1. The SMILES string of the molecule is COc1ccc(C(=O)NS(=O)CCn2cc(C(=O)N3CCCCC3)cn2)cc1NCC#Cc1nc2c(N)nccn2c1SC(F)(F)F. The van der Waals surface area contributed by atoms with E-state index in [1.54, 1.807) is 11.1 Å². The minimum Gasteiger partial charge on any atom is -0.495 e. The van der Waals surface area contributed by atoms with Gasteiger partial charge >= 0.3 is 5.51 Å². The predicted octanol–water partition coefficient (Wildman–Crippen LogP) is 3.31. The number of alkyl halides is 3. The number of benzene rings is 1. The highest BCUT2D eigenvalue weighted by atomic mass is 32.2. The molecule has 1 saturated heterocycles. The molecule has 0 radical (unpaired) electrons. The Morgan fingerprint density at radius 1 is 1.19 bits per heavy atom. The van der Waals surface area contributed by atoms with E-state index < -0.39 is 22.4 Å². The number of rotatable bonds is 10. The first-order valence-electron chi connectivity index (χ1n) is 14.3. The van der Waals surface area contributed by atoms with Gasteiger partial charge in [-0.25, -0.2) is 14.2 Å². The van der Waals surface area contributed by atoms with Gasteiger partial charge in [-0.15, -0.1) is 0 Å². The lowest BCUT2D eigenvalue weighted by atomic mass is 10.1. The van der Waals surface area contributed by atoms with Gasteiger partial charge in [-0.05, 0) is 43.4 Å². The maximum absolute atomic E-state index is 13.2. The van der Waals surface area contributed by atoms with Crippen molar-refractivity contribution in [2.45, 2.75) is 36.3 Å². The van der Waals surface area contributed by atoms with Gasteiger partial charge in [-0.3, -0.25) is 23.4 Å². The normalized spacial score (nSPS) is 13.9. The highest BCUT2D eigenvalue weighted by Gasteiger charge is 2.33. The van der Waals surface area contributed by atoms with Crippen LogP contribution in [-0.2, 0) is 17.5 Å². The number of nitrogens with two attached hydrogens (primary N) is 1. The zero-order valence-electron chi connectivity index (χ0n) is 25.0. The number of carbonyl (C=O) groups excluding carboxylic acids is 2. The fourth-order valence-corrected chi connectivity index (χ4v) is 6.22. The Bertz CT molecular complexity index is 1860. The van der Waals surface area contributed by atoms with Crippen molar-refractivity contribution in [3.8, 4) is 17.6 Å². The quantitative estimate of drug-likeness (QED) is 0.166. The molecule has 13 nitrogen and oxygen atoms in total. The maximum Gasteiger partial charge on any atom is 0.447 e. The Kier molecular flexibility index (Phi) is 10.6. The van der Waals surface area contributed by atoms with E-state index in [4.69, 9.17) is 10.5 Å². The molecule has 248 valence electrons. The number of imidazole rings is 1. The number of nitrogen functional groups attached to an aromatic ring is 1. The molecular weight excluding hydrogens is 660 g/mol. The number of fused-ring (bicyclic) bond motifs is 1. The van der Waals surface area contributed by atoms with E-state index in [0.29, 0.717) is 17.0 Å². The molecule has 0 aliphatic carbocycles. The van der Waals surface area contributed by atoms with Crippen LogP contribution >= 0.6 is 11.8 Å². The van der Waals surface area contributed by atoms with Crippen molar-refractivity contribution >= 4 is 51.7 Å². The molecule has 2 amide bonds. The van der Waals surface area contributed by atoms with Crippen LogP contribution in [0.3, 0.4) is 0 Å². The van der Waals surface area contributed by atoms with Gasteiger partial charge in [0.15, 0.2) is 11.5 Å². The summed E-state index contributed by atoms with van der Waals surface area (Å²) in [5, 5.41) is 6.91. The number of anilines is 2. The molecule has 1 fully saturated rings. The second-order valence-corrected chi connectivity index (χ2v) is 12.6. The van der Waals surface area contributed by atoms with Gasteiger partial charge in [-0.1, -0.05) is 5.92 Å². The minimum absolute atomic E-state index is 0.0429. The molecule has 4 aromatic rings. The molecule has 1 aliphatic rings. The summed E-state index contributed by atoms with van der Waals surface area (Å²) in [6, 6.07) is 4.50. The minimum atomic E-state index is -4.59. The van der Waals surface area contributed by atoms with Crippen LogP contribution in [0.25, 0.3) is 5.65 Å². The van der Waals surface area contributed by atoms with Crippen molar-refractivity contribution in [1.29, 1.82) is 0 Å². The molecule has 4 N–H and O–H groups in total. The second kappa shape index (κ2) is 14.8. The van der Waals surface area contributed by atoms with Crippen molar-refractivity contribution in [3.63, 3.8) is 0 Å². The number of aryl methyl sites for hydroxylation is 1. The van der Waals surface area contributed by atoms with Gasteiger partial charge < -0.3 is 20.7 Å². The van der Waals surface area contributed by atoms with Crippen LogP contribution in [0.2, 0.25) is 0 Å². The second-order valence-electron chi connectivity index (χ2n) is 10.2. The first-order chi connectivity index (χ1) is 22.5. The molecule has 4 heterocycles. The fourth-order valence-electron chi connectivity index (χ4n) is 4.78. The number of hydrogen-bond acceptors (Lipinski definition) is 10. The van der Waals surface area contributed by atoms with Crippen LogP contribution < -0.4 is 20.5 Å². The first-order valence-corrected chi connectivity index (χ1v) is 16.5. The smallest absolute Gasteiger partial charge is 0.447 e. The van der Waals surface area contributed by atoms with Crippen LogP contribution in [0, 0.1) is 11.8 Å². The number of methoxy groups -OCH3 is 1. The fraction of sp³-hybridized carbons (Fsp3) is 0.345. The lowest BCUT2D eigenvalue weighted by Gasteiger charge is -2.26. The molecule has 0 saturated carbocycles. The monoisotopic (exact) mass is 689 g/mol. The Labute approximate surface area is 274 Å². The molecule has 3 aromatic heterocycles. The summed E-state index contributed by atoms with van der Waals surface area (Å²) >= 11 is -0.363. The van der Waals surface area contributed by atoms with Gasteiger partial charge in [0.05, 0.1) is 43.4 Å². The number of halogens is 3. The summed E-state index contributed by atoms with van der Waals surface area (Å²) in [5.41, 5.74) is 2.13. The van der Waals surface area contributed by atoms with Gasteiger partial charge in [-0.2, -0.15) is 18.3 Å². The van der Waals surface area contributed by atoms with E-state index in [2.05, 4.69) is 36.9 Å². The standard InChI is InChI=1S/C29H30F3N9O4S2/c1-45-23-8-7-19(26(42)38-47(44)15-14-40-18-20(17-36-40)27(43)39-11-3-2-4-12-39)16-22(23)34-9-5-6-21-28(46-29(30,31)32)41-13-10-35-24(33)25(41)37-21/h7-8,10,13,16-18,34H,2-4,9,11-12,14-15H2,1H3,(H2,33,35)(H,38,42). The molecular formula is C29H30F3N9O4S2. The van der Waals surface area contributed by atoms with Gasteiger partial charge in [0.25, 0.3) is 11.8 Å². The van der Waals surface area contributed by atoms with E-state index >= 15 is 0 Å². The third-order valence-corrected chi connectivity index (χ3v) is 8.79. The molecule has 0 spiro atoms. The van der Waals surface area contributed by atoms with Crippen molar-refractivity contribution in [2.75, 3.05) is 43.5 Å². The molecule has 1 atom stereocenters. The zero-order valence-corrected chi connectivity index (χ0v) is 26.7. The van der Waals surface area contributed by atoms with E-state index in [0.717, 1.165) is 32.4 Å². The van der Waals surface area contributed by atoms with Gasteiger partial charge in [0.1, 0.15) is 27.5 Å². The third kappa shape index (κ3) is 8.54. The van der Waals surface area contributed by atoms with Gasteiger partial charge in [0.2, 0.25) is 0 Å². The summed E-state index contributed by atoms with van der Waals surface area (Å²) in [6.45, 7) is 1.61. The largest absolute Gasteiger partial charge is 0.495 e. The highest BCUT2D eigenvalue weighted by Crippen LogP contribution is 2.39. The molecule has 0 bridgehead atoms. The number of aromatic nitrogens is 5. The number of piperidine rings is 1. The van der Waals surface area contributed by atoms with E-state index in [-0.39, 0.29) is 64.3 Å². The lowest BCUT2D eigenvalue weighted by molar-refractivity contribution is -0.0330. The summed E-state index contributed by atoms with van der Waals surface area (Å²) < 4.78 is 62.9. The van der Waals surface area contributed by atoms with Crippen molar-refractivity contribution in [2.24, 2.45) is 0 Å². The predicted molar refractivity (Wildman–Crippen MR) is 170 cm³/mol. The number of ether oxygens (including phenoxy) is 1. The molecule has 47 heavy (non-hydrogen) atoms. The van der Waals surface area contributed by atoms with E-state index in [9.17, 15) is 27.0 Å². The van der Waals surface area contributed by atoms with Crippen LogP contribution in [0.4, 0.5) is 24.7 Å². The summed E-state index contributed by atoms with van der Waals surface area (Å²) in [4.78, 5) is 35.3. The zero-order chi connectivity index (χ0) is 33.6. The summed E-state index contributed by atoms with van der Waals surface area (Å²) in [5.74, 6) is 5.07. The highest BCUT2D eigenvalue weighted by molar-refractivity contribution is 8.00. The summed E-state index contributed by atoms with van der Waals surface area (Å²) in [6.07, 6.45) is 8.75. The average molecular weight is 690 g/mol. The molecule has 1 aliphatic heterocycles. The maximum atomic E-state index is 13.2. The lowest BCUT2D eigenvalue weighted by Crippen LogP contribution is -2.35.